The fourth-order valence-electron chi connectivity index (χ4n) is 3.28. The molecule has 0 aromatic carbocycles. The molecule has 0 aromatic rings. The molecule has 2 rings (SSSR count). The number of carbonyl (C=O) groups excluding carboxylic acids is 2. The van der Waals surface area contributed by atoms with Gasteiger partial charge < -0.3 is 54.7 Å². The van der Waals surface area contributed by atoms with Crippen LogP contribution in [0.3, 0.4) is 0 Å². The third kappa shape index (κ3) is 10.8. The van der Waals surface area contributed by atoms with Gasteiger partial charge in [0.2, 0.25) is 0 Å². The SMILES string of the molecule is C=C1OC(C(O)COC(=O)CC(C)(C)C)C(O)=C1O.CC(C)(C)CC(=O)OCC1OC(O)C(O)C(O)C1O. The highest BCUT2D eigenvalue weighted by Gasteiger charge is 2.43. The Morgan fingerprint density at radius 1 is 0.895 bits per heavy atom. The van der Waals surface area contributed by atoms with Crippen molar-refractivity contribution in [1.82, 2.24) is 0 Å². The van der Waals surface area contributed by atoms with Crippen LogP contribution in [0.2, 0.25) is 0 Å². The van der Waals surface area contributed by atoms with Gasteiger partial charge in [-0.25, -0.2) is 0 Å². The summed E-state index contributed by atoms with van der Waals surface area (Å²) in [6.07, 6.45) is -9.27. The normalized spacial score (nSPS) is 28.7. The van der Waals surface area contributed by atoms with E-state index in [0.717, 1.165) is 0 Å². The zero-order valence-electron chi connectivity index (χ0n) is 22.7. The van der Waals surface area contributed by atoms with Crippen LogP contribution in [-0.4, -0.2) is 104 Å². The number of rotatable bonds is 7. The van der Waals surface area contributed by atoms with Gasteiger partial charge in [0.15, 0.2) is 29.7 Å². The van der Waals surface area contributed by atoms with Gasteiger partial charge in [-0.3, -0.25) is 9.59 Å². The average Bonchev–Trinajstić information content (AvgIpc) is 3.03. The van der Waals surface area contributed by atoms with E-state index in [-0.39, 0.29) is 42.6 Å². The quantitative estimate of drug-likeness (QED) is 0.213. The fraction of sp³-hybridized carbons (Fsp3) is 0.760. The van der Waals surface area contributed by atoms with E-state index in [0.29, 0.717) is 0 Å². The van der Waals surface area contributed by atoms with E-state index in [4.69, 9.17) is 18.9 Å². The lowest BCUT2D eigenvalue weighted by Gasteiger charge is -2.37. The van der Waals surface area contributed by atoms with E-state index in [1.54, 1.807) is 0 Å². The Balaban J connectivity index is 0.000000380. The molecule has 2 aliphatic heterocycles. The van der Waals surface area contributed by atoms with Crippen LogP contribution in [0.1, 0.15) is 54.4 Å². The van der Waals surface area contributed by atoms with Crippen LogP contribution in [0.15, 0.2) is 23.9 Å². The summed E-state index contributed by atoms with van der Waals surface area (Å²) < 4.78 is 19.7. The van der Waals surface area contributed by atoms with Crippen molar-refractivity contribution in [2.75, 3.05) is 13.2 Å². The van der Waals surface area contributed by atoms with Crippen molar-refractivity contribution in [3.8, 4) is 0 Å². The summed E-state index contributed by atoms with van der Waals surface area (Å²) in [5.74, 6) is -2.04. The average molecular weight is 551 g/mol. The Bertz CT molecular complexity index is 854. The first-order valence-electron chi connectivity index (χ1n) is 12.1. The van der Waals surface area contributed by atoms with Gasteiger partial charge in [0, 0.05) is 0 Å². The molecule has 0 bridgehead atoms. The summed E-state index contributed by atoms with van der Waals surface area (Å²) in [6, 6.07) is 0. The van der Waals surface area contributed by atoms with E-state index in [1.165, 1.54) is 0 Å². The molecule has 0 spiro atoms. The van der Waals surface area contributed by atoms with E-state index in [9.17, 15) is 45.3 Å². The van der Waals surface area contributed by atoms with Crippen LogP contribution < -0.4 is 0 Å². The second-order valence-corrected chi connectivity index (χ2v) is 11.6. The monoisotopic (exact) mass is 550 g/mol. The number of aliphatic hydroxyl groups is 7. The molecule has 0 radical (unpaired) electrons. The maximum Gasteiger partial charge on any atom is 0.306 e. The molecule has 0 saturated carbocycles. The first kappa shape index (κ1) is 33.6. The number of ether oxygens (including phenoxy) is 4. The van der Waals surface area contributed by atoms with Crippen LogP contribution >= 0.6 is 0 Å². The van der Waals surface area contributed by atoms with Gasteiger partial charge in [-0.1, -0.05) is 48.1 Å². The largest absolute Gasteiger partial charge is 0.505 e. The van der Waals surface area contributed by atoms with Gasteiger partial charge >= 0.3 is 11.9 Å². The molecule has 7 unspecified atom stereocenters. The molecule has 0 amide bonds. The fourth-order valence-corrected chi connectivity index (χ4v) is 3.28. The zero-order chi connectivity index (χ0) is 29.6. The van der Waals surface area contributed by atoms with E-state index >= 15 is 0 Å². The third-order valence-electron chi connectivity index (χ3n) is 5.26. The van der Waals surface area contributed by atoms with Crippen molar-refractivity contribution in [2.45, 2.75) is 97.3 Å². The predicted molar refractivity (Wildman–Crippen MR) is 131 cm³/mol. The highest BCUT2D eigenvalue weighted by molar-refractivity contribution is 5.70. The molecule has 0 aliphatic carbocycles. The Morgan fingerprint density at radius 3 is 1.84 bits per heavy atom. The second-order valence-electron chi connectivity index (χ2n) is 11.6. The van der Waals surface area contributed by atoms with E-state index in [1.807, 2.05) is 41.5 Å². The summed E-state index contributed by atoms with van der Waals surface area (Å²) in [7, 11) is 0. The van der Waals surface area contributed by atoms with Gasteiger partial charge in [-0.05, 0) is 10.8 Å². The Hall–Kier alpha value is -2.42. The van der Waals surface area contributed by atoms with E-state index < -0.39 is 66.4 Å². The molecular formula is C25H42O13. The molecule has 7 atom stereocenters. The maximum atomic E-state index is 11.5. The van der Waals surface area contributed by atoms with Crippen molar-refractivity contribution >= 4 is 11.9 Å². The molecule has 38 heavy (non-hydrogen) atoms. The molecule has 1 saturated heterocycles. The van der Waals surface area contributed by atoms with Crippen LogP contribution in [0.5, 0.6) is 0 Å². The highest BCUT2D eigenvalue weighted by atomic mass is 16.7. The number of aliphatic hydroxyl groups excluding tert-OH is 7. The zero-order valence-corrected chi connectivity index (χ0v) is 22.7. The summed E-state index contributed by atoms with van der Waals surface area (Å²) in [5.41, 5.74) is -0.432. The molecule has 13 nitrogen and oxygen atoms in total. The van der Waals surface area contributed by atoms with Gasteiger partial charge in [0.1, 0.15) is 43.7 Å². The van der Waals surface area contributed by atoms with Crippen molar-refractivity contribution in [3.05, 3.63) is 23.9 Å². The lowest BCUT2D eigenvalue weighted by Crippen LogP contribution is -2.58. The summed E-state index contributed by atoms with van der Waals surface area (Å²) in [4.78, 5) is 23.0. The van der Waals surface area contributed by atoms with Gasteiger partial charge in [0.05, 0.1) is 12.8 Å². The summed E-state index contributed by atoms with van der Waals surface area (Å²) in [6.45, 7) is 14.0. The lowest BCUT2D eigenvalue weighted by atomic mass is 9.92. The molecular weight excluding hydrogens is 508 g/mol. The van der Waals surface area contributed by atoms with E-state index in [2.05, 4.69) is 6.58 Å². The van der Waals surface area contributed by atoms with Crippen molar-refractivity contribution in [1.29, 1.82) is 0 Å². The smallest absolute Gasteiger partial charge is 0.306 e. The minimum Gasteiger partial charge on any atom is -0.505 e. The third-order valence-corrected chi connectivity index (χ3v) is 5.26. The Kier molecular flexibility index (Phi) is 12.0. The number of esters is 2. The first-order valence-corrected chi connectivity index (χ1v) is 12.1. The van der Waals surface area contributed by atoms with Gasteiger partial charge in [-0.2, -0.15) is 0 Å². The highest BCUT2D eigenvalue weighted by Crippen LogP contribution is 2.28. The first-order chi connectivity index (χ1) is 17.2. The maximum absolute atomic E-state index is 11.5. The minimum absolute atomic E-state index is 0.123. The van der Waals surface area contributed by atoms with Crippen molar-refractivity contribution in [2.24, 2.45) is 10.8 Å². The lowest BCUT2D eigenvalue weighted by molar-refractivity contribution is -0.287. The predicted octanol–water partition coefficient (Wildman–Crippen LogP) is 0.333. The molecule has 1 fully saturated rings. The standard InChI is InChI=1S/C13H20O6.C12H22O7/c1-7-10(16)11(17)12(19-7)8(14)6-18-9(15)5-13(2,3)4;1-12(2,3)4-7(13)18-5-6-8(14)9(15)10(16)11(17)19-6/h8,12,14,16-17H,1,5-6H2,2-4H3;6,8-11,14-17H,4-5H2,1-3H3. The number of hydrogen-bond acceptors (Lipinski definition) is 13. The molecule has 0 aromatic heterocycles. The number of hydrogen-bond donors (Lipinski definition) is 7. The molecule has 220 valence electrons. The number of carbonyl (C=O) groups is 2. The molecule has 7 N–H and O–H groups in total. The van der Waals surface area contributed by atoms with Gasteiger partial charge in [0.25, 0.3) is 0 Å². The molecule has 2 aliphatic rings. The molecule has 2 heterocycles. The van der Waals surface area contributed by atoms with Crippen LogP contribution in [0.4, 0.5) is 0 Å². The Labute approximate surface area is 221 Å². The topological polar surface area (TPSA) is 213 Å². The van der Waals surface area contributed by atoms with Gasteiger partial charge in [-0.15, -0.1) is 0 Å². The second kappa shape index (κ2) is 13.6. The van der Waals surface area contributed by atoms with Crippen LogP contribution in [-0.2, 0) is 28.5 Å². The summed E-state index contributed by atoms with van der Waals surface area (Å²) >= 11 is 0. The summed E-state index contributed by atoms with van der Waals surface area (Å²) in [5, 5.41) is 66.2. The van der Waals surface area contributed by atoms with Crippen molar-refractivity contribution < 1.29 is 64.3 Å². The van der Waals surface area contributed by atoms with Crippen LogP contribution in [0.25, 0.3) is 0 Å². The Morgan fingerprint density at radius 2 is 1.39 bits per heavy atom. The minimum atomic E-state index is -1.62. The van der Waals surface area contributed by atoms with Crippen molar-refractivity contribution in [3.63, 3.8) is 0 Å². The molecule has 13 heteroatoms. The van der Waals surface area contributed by atoms with Crippen LogP contribution in [0, 0.1) is 10.8 Å².